The van der Waals surface area contributed by atoms with E-state index in [1.54, 1.807) is 0 Å². The summed E-state index contributed by atoms with van der Waals surface area (Å²) in [6.07, 6.45) is 3.86. The van der Waals surface area contributed by atoms with Gasteiger partial charge in [-0.05, 0) is 6.92 Å². The van der Waals surface area contributed by atoms with Crippen LogP contribution in [0.5, 0.6) is 0 Å². The molecule has 0 aromatic carbocycles. The average molecular weight is 216 g/mol. The van der Waals surface area contributed by atoms with Gasteiger partial charge in [-0.1, -0.05) is 31.8 Å². The van der Waals surface area contributed by atoms with E-state index in [1.165, 1.54) is 7.11 Å². The van der Waals surface area contributed by atoms with E-state index in [0.717, 1.165) is 0 Å². The summed E-state index contributed by atoms with van der Waals surface area (Å²) in [5, 5.41) is 0. The first-order valence-corrected chi connectivity index (χ1v) is 8.30. The predicted octanol–water partition coefficient (Wildman–Crippen LogP) is 2.00. The maximum atomic E-state index is 11.2. The highest BCUT2D eigenvalue weighted by Gasteiger charge is 2.27. The molecule has 0 N–H and O–H groups in total. The van der Waals surface area contributed by atoms with E-state index >= 15 is 0 Å². The van der Waals surface area contributed by atoms with Crippen LogP contribution < -0.4 is 0 Å². The lowest BCUT2D eigenvalue weighted by Gasteiger charge is -2.25. The molecule has 0 fully saturated rings. The fraction of sp³-hybridized carbons (Fsp3) is 0.700. The Labute approximate surface area is 87.1 Å². The highest BCUT2D eigenvalue weighted by Crippen LogP contribution is 2.13. The van der Waals surface area contributed by atoms with Gasteiger partial charge in [-0.3, -0.25) is 0 Å². The van der Waals surface area contributed by atoms with Crippen LogP contribution in [-0.2, 0) is 14.3 Å². The second kappa shape index (κ2) is 5.98. The number of hydrogen-bond acceptors (Lipinski definition) is 3. The van der Waals surface area contributed by atoms with E-state index in [1.807, 2.05) is 19.1 Å². The van der Waals surface area contributed by atoms with Crippen molar-refractivity contribution in [3.05, 3.63) is 12.2 Å². The molecule has 0 aliphatic rings. The molecule has 0 bridgehead atoms. The summed E-state index contributed by atoms with van der Waals surface area (Å²) in [6.45, 7) is 8.45. The zero-order valence-corrected chi connectivity index (χ0v) is 10.7. The molecule has 4 heteroatoms. The minimum atomic E-state index is -1.48. The number of hydrogen-bond donors (Lipinski definition) is 0. The summed E-state index contributed by atoms with van der Waals surface area (Å²) in [4.78, 5) is 11.2. The van der Waals surface area contributed by atoms with Crippen LogP contribution in [0.1, 0.15) is 6.92 Å². The maximum Gasteiger partial charge on any atom is 0.332 e. The molecule has 0 rings (SSSR count). The molecule has 0 aliphatic carbocycles. The van der Waals surface area contributed by atoms with Crippen LogP contribution >= 0.6 is 0 Å². The number of methoxy groups -OCH3 is 1. The molecular formula is C10H20O3Si. The molecule has 0 unspecified atom stereocenters. The van der Waals surface area contributed by atoms with E-state index in [-0.39, 0.29) is 18.3 Å². The molecule has 3 nitrogen and oxygen atoms in total. The van der Waals surface area contributed by atoms with Crippen LogP contribution in [0.4, 0.5) is 0 Å². The molecule has 1 atom stereocenters. The van der Waals surface area contributed by atoms with Crippen molar-refractivity contribution in [1.82, 2.24) is 0 Å². The Kier molecular flexibility index (Phi) is 5.72. The second-order valence-electron chi connectivity index (χ2n) is 4.24. The molecule has 0 aromatic rings. The Morgan fingerprint density at radius 2 is 2.00 bits per heavy atom. The van der Waals surface area contributed by atoms with Crippen molar-refractivity contribution in [3.8, 4) is 0 Å². The van der Waals surface area contributed by atoms with Crippen molar-refractivity contribution in [1.29, 1.82) is 0 Å². The Balaban J connectivity index is 4.31. The van der Waals surface area contributed by atoms with Crippen molar-refractivity contribution >= 4 is 14.0 Å². The van der Waals surface area contributed by atoms with Gasteiger partial charge in [0.25, 0.3) is 0 Å². The topological polar surface area (TPSA) is 35.5 Å². The van der Waals surface area contributed by atoms with E-state index < -0.39 is 8.07 Å². The van der Waals surface area contributed by atoms with E-state index in [0.29, 0.717) is 0 Å². The van der Waals surface area contributed by atoms with Crippen LogP contribution in [-0.4, -0.2) is 33.5 Å². The quantitative estimate of drug-likeness (QED) is 0.400. The predicted molar refractivity (Wildman–Crippen MR) is 59.9 cm³/mol. The van der Waals surface area contributed by atoms with Crippen molar-refractivity contribution < 1.29 is 14.3 Å². The van der Waals surface area contributed by atoms with Gasteiger partial charge in [0, 0.05) is 7.11 Å². The Morgan fingerprint density at radius 1 is 1.43 bits per heavy atom. The maximum absolute atomic E-state index is 11.2. The number of ether oxygens (including phenoxy) is 2. The molecule has 0 amide bonds. The lowest BCUT2D eigenvalue weighted by atomic mass is 10.5. The molecule has 0 spiro atoms. The van der Waals surface area contributed by atoms with Crippen LogP contribution in [0.2, 0.25) is 19.6 Å². The molecule has 0 heterocycles. The van der Waals surface area contributed by atoms with Crippen LogP contribution in [0.3, 0.4) is 0 Å². The third kappa shape index (κ3) is 5.19. The number of allylic oxidation sites excluding steroid dienone is 1. The van der Waals surface area contributed by atoms with Crippen molar-refractivity contribution in [3.63, 3.8) is 0 Å². The van der Waals surface area contributed by atoms with Gasteiger partial charge in [-0.15, -0.1) is 0 Å². The minimum absolute atomic E-state index is 0.0263. The third-order valence-corrected chi connectivity index (χ3v) is 3.76. The highest BCUT2D eigenvalue weighted by molar-refractivity contribution is 6.77. The molecule has 0 saturated carbocycles. The summed E-state index contributed by atoms with van der Waals surface area (Å²) >= 11 is 0. The molecule has 0 radical (unpaired) electrons. The Bertz CT molecular complexity index is 206. The zero-order valence-electron chi connectivity index (χ0n) is 9.66. The van der Waals surface area contributed by atoms with Crippen molar-refractivity contribution in [2.45, 2.75) is 32.3 Å². The van der Waals surface area contributed by atoms with Crippen LogP contribution in [0, 0.1) is 0 Å². The Hall–Kier alpha value is -0.613. The summed E-state index contributed by atoms with van der Waals surface area (Å²) in [6, 6.07) is 0. The zero-order chi connectivity index (χ0) is 11.2. The molecule has 0 saturated heterocycles. The third-order valence-electron chi connectivity index (χ3n) is 1.74. The monoisotopic (exact) mass is 216 g/mol. The van der Waals surface area contributed by atoms with E-state index in [2.05, 4.69) is 19.6 Å². The number of carbonyl (C=O) groups is 1. The summed E-state index contributed by atoms with van der Waals surface area (Å²) < 4.78 is 10.0. The largest absolute Gasteiger partial charge is 0.460 e. The number of rotatable bonds is 5. The van der Waals surface area contributed by atoms with Gasteiger partial charge in [0.05, 0.1) is 8.07 Å². The van der Waals surface area contributed by atoms with Crippen LogP contribution in [0.15, 0.2) is 12.2 Å². The first-order chi connectivity index (χ1) is 6.41. The van der Waals surface area contributed by atoms with E-state index in [9.17, 15) is 4.79 Å². The SMILES string of the molecule is C/C=C/[C@@H](OC(=O)COC)[Si](C)(C)C. The molecule has 0 aliphatic heterocycles. The van der Waals surface area contributed by atoms with Gasteiger partial charge in [-0.2, -0.15) is 0 Å². The normalized spacial score (nSPS) is 14.4. The highest BCUT2D eigenvalue weighted by atomic mass is 28.3. The first kappa shape index (κ1) is 13.4. The van der Waals surface area contributed by atoms with Gasteiger partial charge >= 0.3 is 5.97 Å². The Morgan fingerprint density at radius 3 is 2.36 bits per heavy atom. The number of carbonyl (C=O) groups excluding carboxylic acids is 1. The van der Waals surface area contributed by atoms with Gasteiger partial charge in [-0.25, -0.2) is 4.79 Å². The lowest BCUT2D eigenvalue weighted by molar-refractivity contribution is -0.148. The van der Waals surface area contributed by atoms with Crippen molar-refractivity contribution in [2.75, 3.05) is 13.7 Å². The second-order valence-corrected chi connectivity index (χ2v) is 9.54. The first-order valence-electron chi connectivity index (χ1n) is 4.73. The lowest BCUT2D eigenvalue weighted by Crippen LogP contribution is -2.40. The van der Waals surface area contributed by atoms with Crippen molar-refractivity contribution in [2.24, 2.45) is 0 Å². The summed E-state index contributed by atoms with van der Waals surface area (Å²) in [5.41, 5.74) is -0.0600. The molecular weight excluding hydrogens is 196 g/mol. The molecule has 0 aromatic heterocycles. The van der Waals surface area contributed by atoms with Gasteiger partial charge in [0.1, 0.15) is 12.3 Å². The minimum Gasteiger partial charge on any atom is -0.460 e. The van der Waals surface area contributed by atoms with Gasteiger partial charge in [0.15, 0.2) is 0 Å². The fourth-order valence-corrected chi connectivity index (χ4v) is 2.23. The van der Waals surface area contributed by atoms with E-state index in [4.69, 9.17) is 9.47 Å². The van der Waals surface area contributed by atoms with Crippen LogP contribution in [0.25, 0.3) is 0 Å². The van der Waals surface area contributed by atoms with Gasteiger partial charge < -0.3 is 9.47 Å². The summed E-state index contributed by atoms with van der Waals surface area (Å²) in [7, 11) is 0.00171. The smallest absolute Gasteiger partial charge is 0.332 e. The molecule has 82 valence electrons. The van der Waals surface area contributed by atoms with Gasteiger partial charge in [0.2, 0.25) is 0 Å². The standard InChI is InChI=1S/C10H20O3Si/c1-6-7-10(14(3,4)5)13-9(11)8-12-2/h6-7,10H,8H2,1-5H3/b7-6+/t10-/m0/s1. The number of esters is 1. The molecule has 14 heavy (non-hydrogen) atoms. The average Bonchev–Trinajstić information content (AvgIpc) is 2.02. The summed E-state index contributed by atoms with van der Waals surface area (Å²) in [5.74, 6) is -0.293. The fourth-order valence-electron chi connectivity index (χ4n) is 0.973.